The molecule has 2 rings (SSSR count). The molecule has 210 valence electrons. The summed E-state index contributed by atoms with van der Waals surface area (Å²) >= 11 is 0. The van der Waals surface area contributed by atoms with Crippen LogP contribution >= 0.6 is 0 Å². The van der Waals surface area contributed by atoms with Crippen LogP contribution in [0.1, 0.15) is 108 Å². The molecular formula is C31H46N2O5. The van der Waals surface area contributed by atoms with E-state index in [1.807, 2.05) is 12.1 Å². The van der Waals surface area contributed by atoms with Crippen molar-refractivity contribution >= 4 is 17.3 Å². The Kier molecular flexibility index (Phi) is 15.6. The van der Waals surface area contributed by atoms with Crippen molar-refractivity contribution in [1.29, 1.82) is 0 Å². The van der Waals surface area contributed by atoms with Crippen LogP contribution in [0.5, 0.6) is 17.2 Å². The number of hydrogen-bond acceptors (Lipinski definition) is 6. The highest BCUT2D eigenvalue weighted by Gasteiger charge is 2.19. The van der Waals surface area contributed by atoms with Gasteiger partial charge in [0.25, 0.3) is 0 Å². The van der Waals surface area contributed by atoms with Crippen molar-refractivity contribution in [2.75, 3.05) is 19.8 Å². The normalized spacial score (nSPS) is 11.1. The van der Waals surface area contributed by atoms with Gasteiger partial charge in [-0.05, 0) is 55.7 Å². The van der Waals surface area contributed by atoms with Crippen LogP contribution in [0.3, 0.4) is 0 Å². The Morgan fingerprint density at radius 1 is 0.632 bits per heavy atom. The highest BCUT2D eigenvalue weighted by atomic mass is 16.5. The highest BCUT2D eigenvalue weighted by Crippen LogP contribution is 2.45. The topological polar surface area (TPSA) is 89.7 Å². The minimum Gasteiger partial charge on any atom is -0.490 e. The molecule has 7 heteroatoms. The summed E-state index contributed by atoms with van der Waals surface area (Å²) in [4.78, 5) is 11.1. The molecule has 0 spiro atoms. The van der Waals surface area contributed by atoms with Gasteiger partial charge >= 0.3 is 5.97 Å². The number of hydrogen-bond donors (Lipinski definition) is 1. The standard InChI is InChI=1S/C31H46N2O5/c1-4-7-10-13-22-36-28-21-20-27(33-32-26-18-16-25(17-19-26)31(34)35)29(37-23-14-11-8-5-2)30(28)38-24-15-12-9-6-3/h16-21H,4-15,22-24H2,1-3H3,(H,34,35). The van der Waals surface area contributed by atoms with E-state index in [0.717, 1.165) is 44.9 Å². The average Bonchev–Trinajstić information content (AvgIpc) is 2.93. The molecule has 0 aliphatic heterocycles. The van der Waals surface area contributed by atoms with Crippen molar-refractivity contribution in [2.24, 2.45) is 10.2 Å². The Labute approximate surface area is 228 Å². The second-order valence-corrected chi connectivity index (χ2v) is 9.52. The van der Waals surface area contributed by atoms with Crippen molar-refractivity contribution < 1.29 is 24.1 Å². The molecule has 2 aromatic carbocycles. The Morgan fingerprint density at radius 2 is 1.16 bits per heavy atom. The molecule has 0 bridgehead atoms. The zero-order chi connectivity index (χ0) is 27.4. The van der Waals surface area contributed by atoms with E-state index < -0.39 is 5.97 Å². The first kappa shape index (κ1) is 31.1. The summed E-state index contributed by atoms with van der Waals surface area (Å²) in [7, 11) is 0. The molecule has 0 fully saturated rings. The summed E-state index contributed by atoms with van der Waals surface area (Å²) in [5.41, 5.74) is 1.33. The maximum atomic E-state index is 11.1. The lowest BCUT2D eigenvalue weighted by Gasteiger charge is -2.18. The lowest BCUT2D eigenvalue weighted by molar-refractivity contribution is 0.0697. The number of azo groups is 1. The summed E-state index contributed by atoms with van der Waals surface area (Å²) in [6, 6.07) is 10.0. The number of rotatable bonds is 21. The second kappa shape index (κ2) is 19.0. The summed E-state index contributed by atoms with van der Waals surface area (Å²) in [5.74, 6) is 0.836. The number of ether oxygens (including phenoxy) is 3. The fraction of sp³-hybridized carbons (Fsp3) is 0.581. The highest BCUT2D eigenvalue weighted by molar-refractivity contribution is 5.87. The maximum absolute atomic E-state index is 11.1. The van der Waals surface area contributed by atoms with E-state index in [-0.39, 0.29) is 5.56 Å². The molecule has 38 heavy (non-hydrogen) atoms. The number of unbranched alkanes of at least 4 members (excludes halogenated alkanes) is 9. The van der Waals surface area contributed by atoms with Crippen molar-refractivity contribution in [3.05, 3.63) is 42.0 Å². The molecule has 7 nitrogen and oxygen atoms in total. The van der Waals surface area contributed by atoms with Crippen LogP contribution < -0.4 is 14.2 Å². The van der Waals surface area contributed by atoms with Gasteiger partial charge in [0.2, 0.25) is 5.75 Å². The first-order chi connectivity index (χ1) is 18.6. The van der Waals surface area contributed by atoms with Gasteiger partial charge in [-0.25, -0.2) is 4.79 Å². The molecule has 0 aromatic heterocycles. The Bertz CT molecular complexity index is 959. The quantitative estimate of drug-likeness (QED) is 0.129. The fourth-order valence-electron chi connectivity index (χ4n) is 3.90. The summed E-state index contributed by atoms with van der Waals surface area (Å²) in [6.45, 7) is 8.34. The molecule has 1 N–H and O–H groups in total. The van der Waals surface area contributed by atoms with Gasteiger partial charge in [0.1, 0.15) is 5.69 Å². The monoisotopic (exact) mass is 526 g/mol. The fourth-order valence-corrected chi connectivity index (χ4v) is 3.90. The molecule has 0 saturated heterocycles. The number of aromatic carboxylic acids is 1. The first-order valence-electron chi connectivity index (χ1n) is 14.4. The van der Waals surface area contributed by atoms with E-state index in [4.69, 9.17) is 19.3 Å². The number of carbonyl (C=O) groups is 1. The first-order valence-corrected chi connectivity index (χ1v) is 14.4. The Morgan fingerprint density at radius 3 is 1.68 bits per heavy atom. The molecule has 0 heterocycles. The van der Waals surface area contributed by atoms with Crippen LogP contribution in [0.2, 0.25) is 0 Å². The van der Waals surface area contributed by atoms with Gasteiger partial charge < -0.3 is 19.3 Å². The molecule has 0 radical (unpaired) electrons. The summed E-state index contributed by atoms with van der Waals surface area (Å²) in [5, 5.41) is 17.9. The number of nitrogens with zero attached hydrogens (tertiary/aromatic N) is 2. The van der Waals surface area contributed by atoms with E-state index >= 15 is 0 Å². The molecule has 0 amide bonds. The van der Waals surface area contributed by atoms with Gasteiger partial charge in [-0.2, -0.15) is 5.11 Å². The molecular weight excluding hydrogens is 480 g/mol. The molecule has 0 saturated carbocycles. The van der Waals surface area contributed by atoms with Gasteiger partial charge in [0.05, 0.1) is 31.1 Å². The molecule has 0 unspecified atom stereocenters. The van der Waals surface area contributed by atoms with E-state index in [1.165, 1.54) is 44.2 Å². The molecule has 0 atom stereocenters. The number of carboxylic acid groups (broad SMARTS) is 1. The van der Waals surface area contributed by atoms with E-state index in [0.29, 0.717) is 48.4 Å². The van der Waals surface area contributed by atoms with E-state index in [1.54, 1.807) is 12.1 Å². The van der Waals surface area contributed by atoms with Crippen molar-refractivity contribution in [3.8, 4) is 17.2 Å². The second-order valence-electron chi connectivity index (χ2n) is 9.52. The minimum absolute atomic E-state index is 0.208. The lowest BCUT2D eigenvalue weighted by atomic mass is 10.2. The predicted octanol–water partition coefficient (Wildman–Crippen LogP) is 9.68. The predicted molar refractivity (Wildman–Crippen MR) is 153 cm³/mol. The van der Waals surface area contributed by atoms with Gasteiger partial charge in [0, 0.05) is 0 Å². The van der Waals surface area contributed by atoms with Crippen LogP contribution in [0, 0.1) is 0 Å². The summed E-state index contributed by atoms with van der Waals surface area (Å²) < 4.78 is 18.7. The van der Waals surface area contributed by atoms with Crippen LogP contribution in [0.4, 0.5) is 11.4 Å². The number of benzene rings is 2. The third-order valence-electron chi connectivity index (χ3n) is 6.19. The van der Waals surface area contributed by atoms with Crippen molar-refractivity contribution in [3.63, 3.8) is 0 Å². The third kappa shape index (κ3) is 11.5. The maximum Gasteiger partial charge on any atom is 0.335 e. The average molecular weight is 527 g/mol. The van der Waals surface area contributed by atoms with Gasteiger partial charge in [-0.1, -0.05) is 78.6 Å². The zero-order valence-corrected chi connectivity index (χ0v) is 23.5. The zero-order valence-electron chi connectivity index (χ0n) is 23.5. The smallest absolute Gasteiger partial charge is 0.335 e. The molecule has 0 aliphatic carbocycles. The van der Waals surface area contributed by atoms with Gasteiger partial charge in [-0.15, -0.1) is 5.11 Å². The van der Waals surface area contributed by atoms with Gasteiger partial charge in [-0.3, -0.25) is 0 Å². The van der Waals surface area contributed by atoms with Crippen LogP contribution in [-0.2, 0) is 0 Å². The lowest BCUT2D eigenvalue weighted by Crippen LogP contribution is -2.06. The van der Waals surface area contributed by atoms with Crippen LogP contribution in [0.25, 0.3) is 0 Å². The summed E-state index contributed by atoms with van der Waals surface area (Å²) in [6.07, 6.45) is 13.3. The van der Waals surface area contributed by atoms with Crippen LogP contribution in [0.15, 0.2) is 46.6 Å². The van der Waals surface area contributed by atoms with Gasteiger partial charge in [0.15, 0.2) is 11.5 Å². The van der Waals surface area contributed by atoms with Crippen LogP contribution in [-0.4, -0.2) is 30.9 Å². The largest absolute Gasteiger partial charge is 0.490 e. The Hall–Kier alpha value is -3.09. The molecule has 0 aliphatic rings. The van der Waals surface area contributed by atoms with E-state index in [2.05, 4.69) is 31.0 Å². The minimum atomic E-state index is -0.974. The Balaban J connectivity index is 2.30. The van der Waals surface area contributed by atoms with E-state index in [9.17, 15) is 4.79 Å². The third-order valence-corrected chi connectivity index (χ3v) is 6.19. The number of carboxylic acids is 1. The van der Waals surface area contributed by atoms with Crippen molar-refractivity contribution in [2.45, 2.75) is 97.8 Å². The molecule has 2 aromatic rings. The SMILES string of the molecule is CCCCCCOc1ccc(N=Nc2ccc(C(=O)O)cc2)c(OCCCCCC)c1OCCCCCC. The van der Waals surface area contributed by atoms with Crippen molar-refractivity contribution in [1.82, 2.24) is 0 Å².